The van der Waals surface area contributed by atoms with E-state index in [1.807, 2.05) is 13.0 Å². The molecule has 0 saturated heterocycles. The molecule has 2 amide bonds. The van der Waals surface area contributed by atoms with Crippen LogP contribution in [0.1, 0.15) is 64.9 Å². The van der Waals surface area contributed by atoms with Crippen LogP contribution >= 0.6 is 0 Å². The lowest BCUT2D eigenvalue weighted by atomic mass is 9.78. The minimum atomic E-state index is -0.424. The maximum absolute atomic E-state index is 13.4. The van der Waals surface area contributed by atoms with E-state index in [9.17, 15) is 14.0 Å². The first kappa shape index (κ1) is 18.6. The summed E-state index contributed by atoms with van der Waals surface area (Å²) in [5, 5.41) is 6.33. The van der Waals surface area contributed by atoms with Crippen molar-refractivity contribution < 1.29 is 14.0 Å². The SMILES string of the molecule is Cc1ccc(C(=O)NC23CCCC(NC(=O)c4cccc(F)c4)(CC2)C3)nc1. The number of nitrogens with one attached hydrogen (secondary N) is 2. The number of pyridine rings is 1. The number of fused-ring (bicyclic) bond motifs is 2. The van der Waals surface area contributed by atoms with Crippen LogP contribution in [-0.4, -0.2) is 27.9 Å². The molecule has 2 N–H and O–H groups in total. The Bertz CT molecular complexity index is 914. The van der Waals surface area contributed by atoms with Crippen LogP contribution in [0.5, 0.6) is 0 Å². The third-order valence-electron chi connectivity index (χ3n) is 6.06. The summed E-state index contributed by atoms with van der Waals surface area (Å²) in [5.41, 5.74) is 1.07. The second kappa shape index (κ2) is 7.00. The molecule has 2 atom stereocenters. The molecular formula is C22H24FN3O2. The van der Waals surface area contributed by atoms with E-state index in [4.69, 9.17) is 0 Å². The highest BCUT2D eigenvalue weighted by Crippen LogP contribution is 2.48. The predicted octanol–water partition coefficient (Wildman–Crippen LogP) is 3.53. The Morgan fingerprint density at radius 3 is 2.36 bits per heavy atom. The smallest absolute Gasteiger partial charge is 0.270 e. The molecule has 5 nitrogen and oxygen atoms in total. The van der Waals surface area contributed by atoms with Crippen LogP contribution in [0.25, 0.3) is 0 Å². The molecule has 2 aromatic rings. The molecule has 1 aromatic carbocycles. The van der Waals surface area contributed by atoms with E-state index in [-0.39, 0.29) is 22.9 Å². The number of hydrogen-bond acceptors (Lipinski definition) is 3. The molecule has 2 saturated carbocycles. The van der Waals surface area contributed by atoms with Gasteiger partial charge < -0.3 is 10.6 Å². The number of carbonyl (C=O) groups excluding carboxylic acids is 2. The summed E-state index contributed by atoms with van der Waals surface area (Å²) in [5.74, 6) is -0.856. The van der Waals surface area contributed by atoms with Crippen LogP contribution in [0, 0.1) is 12.7 Å². The maximum atomic E-state index is 13.4. The van der Waals surface area contributed by atoms with Gasteiger partial charge in [0, 0.05) is 22.8 Å². The molecule has 2 bridgehead atoms. The summed E-state index contributed by atoms with van der Waals surface area (Å²) < 4.78 is 13.4. The van der Waals surface area contributed by atoms with Crippen LogP contribution in [0.15, 0.2) is 42.6 Å². The van der Waals surface area contributed by atoms with Crippen LogP contribution in [0.3, 0.4) is 0 Å². The Balaban J connectivity index is 1.47. The number of rotatable bonds is 4. The minimum Gasteiger partial charge on any atom is -0.347 e. The number of amides is 2. The molecule has 0 spiro atoms. The van der Waals surface area contributed by atoms with Crippen molar-refractivity contribution in [1.82, 2.24) is 15.6 Å². The van der Waals surface area contributed by atoms with Gasteiger partial charge in [0.15, 0.2) is 0 Å². The summed E-state index contributed by atoms with van der Waals surface area (Å²) in [7, 11) is 0. The zero-order chi connectivity index (χ0) is 19.8. The normalized spacial score (nSPS) is 25.9. The quantitative estimate of drug-likeness (QED) is 0.851. The molecule has 146 valence electrons. The van der Waals surface area contributed by atoms with Crippen molar-refractivity contribution in [2.45, 2.75) is 56.5 Å². The fourth-order valence-corrected chi connectivity index (χ4v) is 4.68. The van der Waals surface area contributed by atoms with Gasteiger partial charge in [-0.2, -0.15) is 0 Å². The van der Waals surface area contributed by atoms with Gasteiger partial charge in [-0.3, -0.25) is 14.6 Å². The van der Waals surface area contributed by atoms with Crippen molar-refractivity contribution in [3.8, 4) is 0 Å². The van der Waals surface area contributed by atoms with Gasteiger partial charge in [-0.25, -0.2) is 4.39 Å². The minimum absolute atomic E-state index is 0.172. The van der Waals surface area contributed by atoms with E-state index in [2.05, 4.69) is 15.6 Å². The van der Waals surface area contributed by atoms with Gasteiger partial charge in [0.2, 0.25) is 0 Å². The van der Waals surface area contributed by atoms with E-state index < -0.39 is 5.82 Å². The van der Waals surface area contributed by atoms with Crippen molar-refractivity contribution in [1.29, 1.82) is 0 Å². The zero-order valence-corrected chi connectivity index (χ0v) is 15.9. The predicted molar refractivity (Wildman–Crippen MR) is 103 cm³/mol. The van der Waals surface area contributed by atoms with Gasteiger partial charge in [0.05, 0.1) is 0 Å². The van der Waals surface area contributed by atoms with Gasteiger partial charge in [-0.15, -0.1) is 0 Å². The summed E-state index contributed by atoms with van der Waals surface area (Å²) in [6.45, 7) is 1.93. The average Bonchev–Trinajstić information content (AvgIpc) is 2.92. The number of aryl methyl sites for hydroxylation is 1. The Kier molecular flexibility index (Phi) is 4.65. The summed E-state index contributed by atoms with van der Waals surface area (Å²) >= 11 is 0. The van der Waals surface area contributed by atoms with E-state index in [1.165, 1.54) is 18.2 Å². The Labute approximate surface area is 163 Å². The molecule has 2 aliphatic carbocycles. The van der Waals surface area contributed by atoms with E-state index in [0.29, 0.717) is 17.7 Å². The zero-order valence-electron chi connectivity index (χ0n) is 15.9. The van der Waals surface area contributed by atoms with Crippen molar-refractivity contribution in [3.05, 3.63) is 65.2 Å². The highest BCUT2D eigenvalue weighted by atomic mass is 19.1. The molecule has 0 aliphatic heterocycles. The highest BCUT2D eigenvalue weighted by Gasteiger charge is 2.52. The number of aromatic nitrogens is 1. The standard InChI is InChI=1S/C22H24FN3O2/c1-15-6-7-18(24-13-15)20(28)26-22-9-3-8-21(14-22,10-11-22)25-19(27)16-4-2-5-17(23)12-16/h2,4-7,12-13H,3,8-11,14H2,1H3,(H,25,27)(H,26,28). The number of hydrogen-bond donors (Lipinski definition) is 2. The number of halogens is 1. The molecule has 2 fully saturated rings. The van der Waals surface area contributed by atoms with Crippen molar-refractivity contribution in [3.63, 3.8) is 0 Å². The van der Waals surface area contributed by atoms with E-state index >= 15 is 0 Å². The second-order valence-corrected chi connectivity index (χ2v) is 8.23. The fourth-order valence-electron chi connectivity index (χ4n) is 4.68. The highest BCUT2D eigenvalue weighted by molar-refractivity contribution is 5.95. The maximum Gasteiger partial charge on any atom is 0.270 e. The van der Waals surface area contributed by atoms with Crippen molar-refractivity contribution in [2.75, 3.05) is 0 Å². The molecule has 28 heavy (non-hydrogen) atoms. The van der Waals surface area contributed by atoms with Gasteiger partial charge >= 0.3 is 0 Å². The topological polar surface area (TPSA) is 71.1 Å². The lowest BCUT2D eigenvalue weighted by Crippen LogP contribution is -2.55. The molecular weight excluding hydrogens is 357 g/mol. The largest absolute Gasteiger partial charge is 0.347 e. The van der Waals surface area contributed by atoms with Crippen LogP contribution in [0.4, 0.5) is 4.39 Å². The van der Waals surface area contributed by atoms with Gasteiger partial charge in [0.25, 0.3) is 11.8 Å². The molecule has 1 heterocycles. The molecule has 6 heteroatoms. The Morgan fingerprint density at radius 1 is 1.00 bits per heavy atom. The lowest BCUT2D eigenvalue weighted by molar-refractivity contribution is 0.0829. The summed E-state index contributed by atoms with van der Waals surface area (Å²) in [4.78, 5) is 29.6. The third kappa shape index (κ3) is 3.63. The van der Waals surface area contributed by atoms with Gasteiger partial charge in [0.1, 0.15) is 11.5 Å². The Morgan fingerprint density at radius 2 is 1.71 bits per heavy atom. The second-order valence-electron chi connectivity index (χ2n) is 8.23. The first-order chi connectivity index (χ1) is 13.4. The Hall–Kier alpha value is -2.76. The monoisotopic (exact) mass is 381 g/mol. The number of nitrogens with zero attached hydrogens (tertiary/aromatic N) is 1. The van der Waals surface area contributed by atoms with Crippen LogP contribution < -0.4 is 10.6 Å². The molecule has 2 aliphatic rings. The summed E-state index contributed by atoms with van der Waals surface area (Å²) in [6.07, 6.45) is 6.68. The fraction of sp³-hybridized carbons (Fsp3) is 0.409. The first-order valence-electron chi connectivity index (χ1n) is 9.72. The van der Waals surface area contributed by atoms with E-state index in [0.717, 1.165) is 37.7 Å². The lowest BCUT2D eigenvalue weighted by Gasteiger charge is -2.40. The summed E-state index contributed by atoms with van der Waals surface area (Å²) in [6, 6.07) is 9.34. The van der Waals surface area contributed by atoms with Crippen molar-refractivity contribution in [2.24, 2.45) is 0 Å². The van der Waals surface area contributed by atoms with Crippen LogP contribution in [0.2, 0.25) is 0 Å². The van der Waals surface area contributed by atoms with E-state index in [1.54, 1.807) is 18.3 Å². The average molecular weight is 381 g/mol. The number of carbonyl (C=O) groups is 2. The van der Waals surface area contributed by atoms with Gasteiger partial charge in [-0.1, -0.05) is 12.1 Å². The van der Waals surface area contributed by atoms with Crippen molar-refractivity contribution >= 4 is 11.8 Å². The molecule has 0 radical (unpaired) electrons. The number of benzene rings is 1. The van der Waals surface area contributed by atoms with Crippen LogP contribution in [-0.2, 0) is 0 Å². The van der Waals surface area contributed by atoms with Gasteiger partial charge in [-0.05, 0) is 75.3 Å². The third-order valence-corrected chi connectivity index (χ3v) is 6.06. The molecule has 4 rings (SSSR count). The molecule has 1 aromatic heterocycles. The molecule has 2 unspecified atom stereocenters. The first-order valence-corrected chi connectivity index (χ1v) is 9.72.